The lowest BCUT2D eigenvalue weighted by atomic mass is 10.1. The maximum Gasteiger partial charge on any atom is 0.179 e. The molecule has 3 heterocycles. The van der Waals surface area contributed by atoms with Crippen LogP contribution in [0.3, 0.4) is 0 Å². The van der Waals surface area contributed by atoms with E-state index in [4.69, 9.17) is 11.6 Å². The first-order valence-electron chi connectivity index (χ1n) is 5.73. The number of carbonyl (C=O) groups excluding carboxylic acids is 1. The number of Topliss-reactive ketones (excluding diaryl/α,β-unsaturated/α-hetero) is 1. The predicted molar refractivity (Wildman–Crippen MR) is 73.3 cm³/mol. The lowest BCUT2D eigenvalue weighted by molar-refractivity contribution is 0.0955. The number of aromatic nitrogens is 1. The molecule has 0 atom stereocenters. The van der Waals surface area contributed by atoms with Gasteiger partial charge < -0.3 is 4.57 Å². The highest BCUT2D eigenvalue weighted by Crippen LogP contribution is 2.21. The van der Waals surface area contributed by atoms with Crippen molar-refractivity contribution in [1.29, 1.82) is 0 Å². The topological polar surface area (TPSA) is 22.0 Å². The molecule has 0 radical (unpaired) electrons. The van der Waals surface area contributed by atoms with E-state index in [0.29, 0.717) is 6.42 Å². The first-order valence-corrected chi connectivity index (χ1v) is 6.92. The van der Waals surface area contributed by atoms with Gasteiger partial charge in [-0.05, 0) is 24.6 Å². The molecule has 0 N–H and O–H groups in total. The molecular formula is C14H10ClNOS. The van der Waals surface area contributed by atoms with Crippen LogP contribution in [0, 0.1) is 11.8 Å². The van der Waals surface area contributed by atoms with Gasteiger partial charge in [0.05, 0.1) is 14.9 Å². The Labute approximate surface area is 114 Å². The van der Waals surface area contributed by atoms with Gasteiger partial charge in [0.1, 0.15) is 0 Å². The number of thiophene rings is 1. The molecule has 2 nitrogen and oxygen atoms in total. The molecule has 0 saturated heterocycles. The molecular weight excluding hydrogens is 266 g/mol. The van der Waals surface area contributed by atoms with Gasteiger partial charge >= 0.3 is 0 Å². The van der Waals surface area contributed by atoms with Gasteiger partial charge in [-0.15, -0.1) is 11.3 Å². The van der Waals surface area contributed by atoms with Crippen molar-refractivity contribution in [1.82, 2.24) is 4.57 Å². The van der Waals surface area contributed by atoms with E-state index in [-0.39, 0.29) is 5.78 Å². The van der Waals surface area contributed by atoms with Crippen LogP contribution in [-0.4, -0.2) is 10.4 Å². The van der Waals surface area contributed by atoms with Crippen LogP contribution in [-0.2, 0) is 6.54 Å². The average molecular weight is 276 g/mol. The van der Waals surface area contributed by atoms with Gasteiger partial charge in [-0.1, -0.05) is 23.4 Å². The van der Waals surface area contributed by atoms with Gasteiger partial charge in [0.2, 0.25) is 0 Å². The monoisotopic (exact) mass is 275 g/mol. The Bertz CT molecular complexity index is 672. The fraction of sp³-hybridized carbons (Fsp3) is 0.214. The molecule has 3 rings (SSSR count). The molecule has 2 aromatic rings. The molecule has 0 amide bonds. The molecule has 1 aliphatic heterocycles. The zero-order chi connectivity index (χ0) is 12.5. The summed E-state index contributed by atoms with van der Waals surface area (Å²) in [5, 5.41) is 0. The SMILES string of the molecule is O=C1CCCn2cc(C#Cc3ccc(Cl)s3)cc21. The van der Waals surface area contributed by atoms with Crippen molar-refractivity contribution < 1.29 is 4.79 Å². The third-order valence-corrected chi connectivity index (χ3v) is 4.03. The number of halogens is 1. The number of fused-ring (bicyclic) bond motifs is 1. The van der Waals surface area contributed by atoms with Crippen molar-refractivity contribution in [3.63, 3.8) is 0 Å². The van der Waals surface area contributed by atoms with E-state index in [0.717, 1.165) is 33.4 Å². The number of rotatable bonds is 0. The predicted octanol–water partition coefficient (Wildman–Crippen LogP) is 3.58. The van der Waals surface area contributed by atoms with E-state index in [2.05, 4.69) is 11.8 Å². The Morgan fingerprint density at radius 3 is 2.94 bits per heavy atom. The van der Waals surface area contributed by atoms with Crippen LogP contribution >= 0.6 is 22.9 Å². The van der Waals surface area contributed by atoms with Gasteiger partial charge in [0.15, 0.2) is 5.78 Å². The number of aryl methyl sites for hydroxylation is 1. The van der Waals surface area contributed by atoms with E-state index in [1.165, 1.54) is 11.3 Å². The number of hydrogen-bond donors (Lipinski definition) is 0. The summed E-state index contributed by atoms with van der Waals surface area (Å²) in [6.45, 7) is 0.910. The summed E-state index contributed by atoms with van der Waals surface area (Å²) in [5.41, 5.74) is 1.68. The summed E-state index contributed by atoms with van der Waals surface area (Å²) < 4.78 is 2.74. The minimum atomic E-state index is 0.216. The minimum Gasteiger partial charge on any atom is -0.344 e. The van der Waals surface area contributed by atoms with E-state index in [1.807, 2.05) is 29.0 Å². The summed E-state index contributed by atoms with van der Waals surface area (Å²) in [6.07, 6.45) is 3.53. The summed E-state index contributed by atoms with van der Waals surface area (Å²) in [4.78, 5) is 12.6. The Morgan fingerprint density at radius 2 is 2.22 bits per heavy atom. The van der Waals surface area contributed by atoms with Gasteiger partial charge in [0, 0.05) is 24.7 Å². The van der Waals surface area contributed by atoms with Crippen LogP contribution in [0.4, 0.5) is 0 Å². The van der Waals surface area contributed by atoms with Gasteiger partial charge in [0.25, 0.3) is 0 Å². The lowest BCUT2D eigenvalue weighted by Gasteiger charge is -2.12. The Morgan fingerprint density at radius 1 is 1.33 bits per heavy atom. The Kier molecular flexibility index (Phi) is 2.99. The molecule has 90 valence electrons. The fourth-order valence-electron chi connectivity index (χ4n) is 2.05. The van der Waals surface area contributed by atoms with Crippen LogP contribution in [0.15, 0.2) is 24.4 Å². The first-order chi connectivity index (χ1) is 8.72. The van der Waals surface area contributed by atoms with Gasteiger partial charge in [-0.25, -0.2) is 0 Å². The van der Waals surface area contributed by atoms with Crippen molar-refractivity contribution >= 4 is 28.7 Å². The molecule has 0 aliphatic carbocycles. The summed E-state index contributed by atoms with van der Waals surface area (Å²) in [7, 11) is 0. The van der Waals surface area contributed by atoms with E-state index in [9.17, 15) is 4.79 Å². The van der Waals surface area contributed by atoms with Crippen molar-refractivity contribution in [2.75, 3.05) is 0 Å². The van der Waals surface area contributed by atoms with Crippen molar-refractivity contribution in [3.05, 3.63) is 44.9 Å². The molecule has 1 aliphatic rings. The molecule has 2 aromatic heterocycles. The summed E-state index contributed by atoms with van der Waals surface area (Å²) >= 11 is 7.31. The first kappa shape index (κ1) is 11.6. The zero-order valence-corrected chi connectivity index (χ0v) is 11.1. The zero-order valence-electron chi connectivity index (χ0n) is 9.57. The highest BCUT2D eigenvalue weighted by Gasteiger charge is 2.17. The fourth-order valence-corrected chi connectivity index (χ4v) is 2.95. The number of carbonyl (C=O) groups is 1. The third kappa shape index (κ3) is 2.22. The molecule has 0 bridgehead atoms. The largest absolute Gasteiger partial charge is 0.344 e. The summed E-state index contributed by atoms with van der Waals surface area (Å²) in [5.74, 6) is 6.36. The number of ketones is 1. The smallest absolute Gasteiger partial charge is 0.179 e. The molecule has 0 saturated carbocycles. The van der Waals surface area contributed by atoms with Gasteiger partial charge in [-0.3, -0.25) is 4.79 Å². The quantitative estimate of drug-likeness (QED) is 0.674. The lowest BCUT2D eigenvalue weighted by Crippen LogP contribution is -2.14. The second kappa shape index (κ2) is 4.64. The number of nitrogens with zero attached hydrogens (tertiary/aromatic N) is 1. The summed E-state index contributed by atoms with van der Waals surface area (Å²) in [6, 6.07) is 5.62. The minimum absolute atomic E-state index is 0.216. The average Bonchev–Trinajstić information content (AvgIpc) is 2.93. The maximum atomic E-state index is 11.7. The van der Waals surface area contributed by atoms with Crippen molar-refractivity contribution in [2.24, 2.45) is 0 Å². The van der Waals surface area contributed by atoms with Crippen LogP contribution in [0.2, 0.25) is 4.34 Å². The normalized spacial score (nSPS) is 13.9. The van der Waals surface area contributed by atoms with Crippen LogP contribution in [0.5, 0.6) is 0 Å². The Hall–Kier alpha value is -1.50. The van der Waals surface area contributed by atoms with Crippen LogP contribution < -0.4 is 0 Å². The van der Waals surface area contributed by atoms with Gasteiger partial charge in [-0.2, -0.15) is 0 Å². The molecule has 0 fully saturated rings. The van der Waals surface area contributed by atoms with Crippen molar-refractivity contribution in [2.45, 2.75) is 19.4 Å². The molecule has 18 heavy (non-hydrogen) atoms. The Balaban J connectivity index is 1.90. The second-order valence-corrected chi connectivity index (χ2v) is 5.90. The third-order valence-electron chi connectivity index (χ3n) is 2.89. The van der Waals surface area contributed by atoms with E-state index >= 15 is 0 Å². The van der Waals surface area contributed by atoms with E-state index < -0.39 is 0 Å². The van der Waals surface area contributed by atoms with Crippen LogP contribution in [0.1, 0.15) is 33.8 Å². The molecule has 4 heteroatoms. The standard InChI is InChI=1S/C14H10ClNOS/c15-14-6-5-11(18-14)4-3-10-8-12-13(17)2-1-7-16(12)9-10/h5-6,8-9H,1-2,7H2. The molecule has 0 unspecified atom stereocenters. The number of hydrogen-bond acceptors (Lipinski definition) is 2. The van der Waals surface area contributed by atoms with E-state index in [1.54, 1.807) is 0 Å². The maximum absolute atomic E-state index is 11.7. The van der Waals surface area contributed by atoms with Crippen molar-refractivity contribution in [3.8, 4) is 11.8 Å². The highest BCUT2D eigenvalue weighted by atomic mass is 35.5. The molecule has 0 aromatic carbocycles. The highest BCUT2D eigenvalue weighted by molar-refractivity contribution is 7.16. The second-order valence-electron chi connectivity index (χ2n) is 4.19. The molecule has 0 spiro atoms. The van der Waals surface area contributed by atoms with Crippen LogP contribution in [0.25, 0.3) is 0 Å².